The van der Waals surface area contributed by atoms with Crippen LogP contribution in [-0.4, -0.2) is 20.7 Å². The summed E-state index contributed by atoms with van der Waals surface area (Å²) >= 11 is 4.88. The average Bonchev–Trinajstić information content (AvgIpc) is 2.74. The summed E-state index contributed by atoms with van der Waals surface area (Å²) in [5.41, 5.74) is 6.70. The van der Waals surface area contributed by atoms with Crippen LogP contribution in [0.5, 0.6) is 0 Å². The van der Waals surface area contributed by atoms with Crippen molar-refractivity contribution in [3.8, 4) is 0 Å². The summed E-state index contributed by atoms with van der Waals surface area (Å²) in [6, 6.07) is 4.27. The van der Waals surface area contributed by atoms with Crippen molar-refractivity contribution in [2.45, 2.75) is 6.92 Å². The van der Waals surface area contributed by atoms with Crippen LogP contribution in [0.2, 0.25) is 0 Å². The Bertz CT molecular complexity index is 696. The Morgan fingerprint density at radius 2 is 2.20 bits per heavy atom. The number of carbonyl (C=O) groups excluding carboxylic acids is 1. The van der Waals surface area contributed by atoms with E-state index in [0.717, 1.165) is 0 Å². The summed E-state index contributed by atoms with van der Waals surface area (Å²) in [5.74, 6) is -0.509. The maximum absolute atomic E-state index is 13.5. The number of nitrogens with one attached hydrogen (secondary N) is 1. The van der Waals surface area contributed by atoms with E-state index in [9.17, 15) is 9.18 Å². The second-order valence-electron chi connectivity index (χ2n) is 4.31. The first-order chi connectivity index (χ1) is 9.40. The Hall–Kier alpha value is -2.28. The number of nitrogens with two attached hydrogens (primary N) is 1. The molecular formula is C13H13FN4OS. The van der Waals surface area contributed by atoms with E-state index in [1.807, 2.05) is 0 Å². The minimum Gasteiger partial charge on any atom is -0.389 e. The smallest absolute Gasteiger partial charge is 0.256 e. The summed E-state index contributed by atoms with van der Waals surface area (Å²) in [5, 5.41) is 6.61. The van der Waals surface area contributed by atoms with Crippen LogP contribution in [0.1, 0.15) is 21.5 Å². The molecule has 1 aromatic heterocycles. The van der Waals surface area contributed by atoms with Gasteiger partial charge in [0.15, 0.2) is 0 Å². The van der Waals surface area contributed by atoms with Gasteiger partial charge in [0, 0.05) is 12.6 Å². The molecule has 3 N–H and O–H groups in total. The van der Waals surface area contributed by atoms with E-state index in [1.54, 1.807) is 26.1 Å². The number of anilines is 1. The van der Waals surface area contributed by atoms with Gasteiger partial charge in [-0.2, -0.15) is 5.10 Å². The number of hydrogen-bond acceptors (Lipinski definition) is 3. The van der Waals surface area contributed by atoms with Crippen molar-refractivity contribution < 1.29 is 9.18 Å². The molecule has 0 bridgehead atoms. The maximum Gasteiger partial charge on any atom is 0.256 e. The Balaban J connectivity index is 2.30. The lowest BCUT2D eigenvalue weighted by molar-refractivity contribution is 0.102. The van der Waals surface area contributed by atoms with Crippen molar-refractivity contribution in [3.63, 3.8) is 0 Å². The lowest BCUT2D eigenvalue weighted by Crippen LogP contribution is -2.19. The van der Waals surface area contributed by atoms with Crippen molar-refractivity contribution >= 4 is 28.9 Å². The fraction of sp³-hybridized carbons (Fsp3) is 0.154. The standard InChI is InChI=1S/C13H13FN4OS/c1-7-3-4-8(5-10(7)14)13(19)17-12-9(11(15)20)6-16-18(12)2/h3-6H,1-2H3,(H2,15,20)(H,17,19). The first-order valence-electron chi connectivity index (χ1n) is 5.79. The van der Waals surface area contributed by atoms with Gasteiger partial charge in [0.05, 0.1) is 11.8 Å². The van der Waals surface area contributed by atoms with Gasteiger partial charge in [-0.05, 0) is 24.6 Å². The molecule has 0 saturated carbocycles. The number of amides is 1. The van der Waals surface area contributed by atoms with Crippen LogP contribution in [0.3, 0.4) is 0 Å². The van der Waals surface area contributed by atoms with Crippen LogP contribution in [0.25, 0.3) is 0 Å². The van der Waals surface area contributed by atoms with Crippen molar-refractivity contribution in [3.05, 3.63) is 46.9 Å². The summed E-state index contributed by atoms with van der Waals surface area (Å²) in [6.07, 6.45) is 1.47. The number of hydrogen-bond donors (Lipinski definition) is 2. The number of rotatable bonds is 3. The molecule has 0 saturated heterocycles. The van der Waals surface area contributed by atoms with Crippen molar-refractivity contribution in [1.29, 1.82) is 0 Å². The first kappa shape index (κ1) is 14.1. The highest BCUT2D eigenvalue weighted by molar-refractivity contribution is 7.80. The Labute approximate surface area is 120 Å². The quantitative estimate of drug-likeness (QED) is 0.845. The topological polar surface area (TPSA) is 72.9 Å². The summed E-state index contributed by atoms with van der Waals surface area (Å²) < 4.78 is 14.9. The number of carbonyl (C=O) groups is 1. The molecule has 7 heteroatoms. The molecule has 0 aliphatic rings. The third-order valence-corrected chi connectivity index (χ3v) is 3.09. The molecule has 2 rings (SSSR count). The molecule has 0 spiro atoms. The summed E-state index contributed by atoms with van der Waals surface area (Å²) in [7, 11) is 1.65. The molecule has 0 aliphatic heterocycles. The monoisotopic (exact) mass is 292 g/mol. The molecule has 0 atom stereocenters. The molecule has 0 aliphatic carbocycles. The van der Waals surface area contributed by atoms with Crippen LogP contribution in [0.15, 0.2) is 24.4 Å². The van der Waals surface area contributed by atoms with E-state index in [-0.39, 0.29) is 10.6 Å². The van der Waals surface area contributed by atoms with Crippen molar-refractivity contribution in [2.24, 2.45) is 12.8 Å². The largest absolute Gasteiger partial charge is 0.389 e. The molecule has 1 aromatic carbocycles. The predicted molar refractivity (Wildman–Crippen MR) is 78.2 cm³/mol. The third-order valence-electron chi connectivity index (χ3n) is 2.87. The second-order valence-corrected chi connectivity index (χ2v) is 4.75. The number of benzene rings is 1. The van der Waals surface area contributed by atoms with Gasteiger partial charge in [0.2, 0.25) is 0 Å². The van der Waals surface area contributed by atoms with Crippen LogP contribution >= 0.6 is 12.2 Å². The number of aromatic nitrogens is 2. The highest BCUT2D eigenvalue weighted by atomic mass is 32.1. The van der Waals surface area contributed by atoms with E-state index in [2.05, 4.69) is 10.4 Å². The zero-order chi connectivity index (χ0) is 14.9. The molecule has 2 aromatic rings. The molecule has 1 amide bonds. The Morgan fingerprint density at radius 1 is 1.50 bits per heavy atom. The SMILES string of the molecule is Cc1ccc(C(=O)Nc2c(C(N)=S)cnn2C)cc1F. The van der Waals surface area contributed by atoms with E-state index < -0.39 is 11.7 Å². The fourth-order valence-electron chi connectivity index (χ4n) is 1.68. The highest BCUT2D eigenvalue weighted by Crippen LogP contribution is 2.16. The van der Waals surface area contributed by atoms with E-state index >= 15 is 0 Å². The van der Waals surface area contributed by atoms with Gasteiger partial charge in [-0.3, -0.25) is 9.48 Å². The molecule has 104 valence electrons. The second kappa shape index (κ2) is 5.38. The van der Waals surface area contributed by atoms with Crippen LogP contribution < -0.4 is 11.1 Å². The third kappa shape index (κ3) is 2.67. The van der Waals surface area contributed by atoms with Crippen LogP contribution in [0, 0.1) is 12.7 Å². The Kier molecular flexibility index (Phi) is 3.80. The minimum atomic E-state index is -0.454. The maximum atomic E-state index is 13.5. The highest BCUT2D eigenvalue weighted by Gasteiger charge is 2.15. The predicted octanol–water partition coefficient (Wildman–Crippen LogP) is 1.75. The van der Waals surface area contributed by atoms with Gasteiger partial charge in [0.1, 0.15) is 16.6 Å². The van der Waals surface area contributed by atoms with Gasteiger partial charge < -0.3 is 11.1 Å². The first-order valence-corrected chi connectivity index (χ1v) is 6.20. The minimum absolute atomic E-state index is 0.128. The zero-order valence-electron chi connectivity index (χ0n) is 11.0. The van der Waals surface area contributed by atoms with E-state index in [1.165, 1.54) is 16.9 Å². The molecule has 1 heterocycles. The summed E-state index contributed by atoms with van der Waals surface area (Å²) in [4.78, 5) is 12.2. The lowest BCUT2D eigenvalue weighted by atomic mass is 10.1. The zero-order valence-corrected chi connectivity index (χ0v) is 11.8. The van der Waals surface area contributed by atoms with E-state index in [4.69, 9.17) is 18.0 Å². The van der Waals surface area contributed by atoms with Gasteiger partial charge >= 0.3 is 0 Å². The van der Waals surface area contributed by atoms with Gasteiger partial charge in [-0.1, -0.05) is 18.3 Å². The van der Waals surface area contributed by atoms with Gasteiger partial charge in [-0.15, -0.1) is 0 Å². The lowest BCUT2D eigenvalue weighted by Gasteiger charge is -2.08. The number of nitrogens with zero attached hydrogens (tertiary/aromatic N) is 2. The van der Waals surface area contributed by atoms with Crippen molar-refractivity contribution in [1.82, 2.24) is 9.78 Å². The molecule has 0 fully saturated rings. The average molecular weight is 292 g/mol. The summed E-state index contributed by atoms with van der Waals surface area (Å²) in [6.45, 7) is 1.63. The molecule has 20 heavy (non-hydrogen) atoms. The number of thiocarbonyl (C=S) groups is 1. The Morgan fingerprint density at radius 3 is 2.80 bits per heavy atom. The van der Waals surface area contributed by atoms with Gasteiger partial charge in [0.25, 0.3) is 5.91 Å². The van der Waals surface area contributed by atoms with Crippen LogP contribution in [0.4, 0.5) is 10.2 Å². The molecule has 5 nitrogen and oxygen atoms in total. The number of aryl methyl sites for hydroxylation is 2. The fourth-order valence-corrected chi connectivity index (χ4v) is 1.83. The van der Waals surface area contributed by atoms with Crippen LogP contribution in [-0.2, 0) is 7.05 Å². The van der Waals surface area contributed by atoms with E-state index in [0.29, 0.717) is 16.9 Å². The molecule has 0 radical (unpaired) electrons. The van der Waals surface area contributed by atoms with Crippen molar-refractivity contribution in [2.75, 3.05) is 5.32 Å². The normalized spacial score (nSPS) is 10.3. The molecule has 0 unspecified atom stereocenters. The number of halogens is 1. The van der Waals surface area contributed by atoms with Gasteiger partial charge in [-0.25, -0.2) is 4.39 Å². The molecular weight excluding hydrogens is 279 g/mol.